The SMILES string of the molecule is O=C(CCCCCN1CC[CH]CC1)c1ccccc1O. The average molecular weight is 274 g/mol. The number of hydrogen-bond acceptors (Lipinski definition) is 3. The number of carbonyl (C=O) groups is 1. The van der Waals surface area contributed by atoms with Crippen molar-refractivity contribution in [2.75, 3.05) is 19.6 Å². The topological polar surface area (TPSA) is 40.5 Å². The van der Waals surface area contributed by atoms with Gasteiger partial charge >= 0.3 is 0 Å². The number of phenols is 1. The molecule has 0 unspecified atom stereocenters. The van der Waals surface area contributed by atoms with E-state index in [0.29, 0.717) is 12.0 Å². The lowest BCUT2D eigenvalue weighted by atomic mass is 10.0. The fourth-order valence-electron chi connectivity index (χ4n) is 2.67. The molecule has 1 aliphatic heterocycles. The lowest BCUT2D eigenvalue weighted by molar-refractivity contribution is 0.0976. The smallest absolute Gasteiger partial charge is 0.166 e. The molecule has 1 radical (unpaired) electrons. The standard InChI is InChI=1S/C17H24NO2/c19-16(15-9-4-5-11-17(15)20)10-3-1-6-12-18-13-7-2-8-14-18/h2,4-5,9,11,20H,1,3,6-8,10,12-14H2. The van der Waals surface area contributed by atoms with E-state index in [1.165, 1.54) is 25.9 Å². The Balaban J connectivity index is 1.61. The van der Waals surface area contributed by atoms with Crippen molar-refractivity contribution in [2.45, 2.75) is 38.5 Å². The number of para-hydroxylation sites is 1. The summed E-state index contributed by atoms with van der Waals surface area (Å²) < 4.78 is 0. The molecule has 109 valence electrons. The second kappa shape index (κ2) is 8.05. The van der Waals surface area contributed by atoms with Gasteiger partial charge in [-0.25, -0.2) is 0 Å². The van der Waals surface area contributed by atoms with Crippen LogP contribution in [0.3, 0.4) is 0 Å². The quantitative estimate of drug-likeness (QED) is 0.611. The van der Waals surface area contributed by atoms with Crippen molar-refractivity contribution in [3.63, 3.8) is 0 Å². The third-order valence-electron chi connectivity index (χ3n) is 3.88. The summed E-state index contributed by atoms with van der Waals surface area (Å²) in [7, 11) is 0. The van der Waals surface area contributed by atoms with Crippen molar-refractivity contribution in [1.29, 1.82) is 0 Å². The number of ketones is 1. The highest BCUT2D eigenvalue weighted by Gasteiger charge is 2.11. The van der Waals surface area contributed by atoms with Gasteiger partial charge in [0, 0.05) is 6.42 Å². The molecule has 3 nitrogen and oxygen atoms in total. The van der Waals surface area contributed by atoms with E-state index in [1.807, 2.05) is 0 Å². The number of nitrogens with zero attached hydrogens (tertiary/aromatic N) is 1. The number of benzene rings is 1. The number of rotatable bonds is 7. The monoisotopic (exact) mass is 274 g/mol. The molecule has 2 rings (SSSR count). The minimum atomic E-state index is 0.0515. The van der Waals surface area contributed by atoms with E-state index in [2.05, 4.69) is 11.3 Å². The molecule has 3 heteroatoms. The fraction of sp³-hybridized carbons (Fsp3) is 0.529. The molecule has 0 aromatic heterocycles. The molecule has 0 amide bonds. The Morgan fingerprint density at radius 1 is 1.10 bits per heavy atom. The average Bonchev–Trinajstić information content (AvgIpc) is 2.48. The van der Waals surface area contributed by atoms with E-state index < -0.39 is 0 Å². The normalized spacial score (nSPS) is 16.2. The van der Waals surface area contributed by atoms with Crippen molar-refractivity contribution in [3.8, 4) is 5.75 Å². The molecule has 0 atom stereocenters. The summed E-state index contributed by atoms with van der Waals surface area (Å²) in [5, 5.41) is 9.62. The molecular weight excluding hydrogens is 250 g/mol. The molecule has 0 spiro atoms. The van der Waals surface area contributed by atoms with Crippen molar-refractivity contribution >= 4 is 5.78 Å². The Kier molecular flexibility index (Phi) is 6.06. The highest BCUT2D eigenvalue weighted by atomic mass is 16.3. The van der Waals surface area contributed by atoms with Crippen LogP contribution in [0.15, 0.2) is 24.3 Å². The van der Waals surface area contributed by atoms with Gasteiger partial charge in [-0.3, -0.25) is 4.79 Å². The molecule has 0 aliphatic carbocycles. The lowest BCUT2D eigenvalue weighted by Crippen LogP contribution is -2.30. The van der Waals surface area contributed by atoms with E-state index in [4.69, 9.17) is 0 Å². The zero-order valence-corrected chi connectivity index (χ0v) is 12.1. The Morgan fingerprint density at radius 2 is 1.85 bits per heavy atom. The maximum absolute atomic E-state index is 12.0. The summed E-state index contributed by atoms with van der Waals surface area (Å²) in [6, 6.07) is 6.80. The van der Waals surface area contributed by atoms with Gasteiger partial charge in [0.25, 0.3) is 0 Å². The molecule has 1 heterocycles. The number of likely N-dealkylation sites (tertiary alicyclic amines) is 1. The van der Waals surface area contributed by atoms with Gasteiger partial charge in [-0.2, -0.15) is 0 Å². The van der Waals surface area contributed by atoms with Crippen LogP contribution in [0.4, 0.5) is 0 Å². The molecule has 1 aromatic rings. The van der Waals surface area contributed by atoms with Crippen molar-refractivity contribution in [1.82, 2.24) is 4.90 Å². The third-order valence-corrected chi connectivity index (χ3v) is 3.88. The van der Waals surface area contributed by atoms with Crippen molar-refractivity contribution in [3.05, 3.63) is 36.2 Å². The molecule has 0 bridgehead atoms. The van der Waals surface area contributed by atoms with Crippen LogP contribution in [0.2, 0.25) is 0 Å². The summed E-state index contributed by atoms with van der Waals surface area (Å²) in [5.74, 6) is 0.151. The van der Waals surface area contributed by atoms with Gasteiger partial charge < -0.3 is 10.0 Å². The number of Topliss-reactive ketones (excluding diaryl/α,β-unsaturated/α-hetero) is 1. The molecule has 20 heavy (non-hydrogen) atoms. The first kappa shape index (κ1) is 15.0. The van der Waals surface area contributed by atoms with Crippen LogP contribution in [0.5, 0.6) is 5.75 Å². The van der Waals surface area contributed by atoms with Gasteiger partial charge in [-0.05, 0) is 63.9 Å². The minimum absolute atomic E-state index is 0.0515. The molecule has 1 aromatic carbocycles. The van der Waals surface area contributed by atoms with Gasteiger partial charge in [-0.15, -0.1) is 0 Å². The van der Waals surface area contributed by atoms with Crippen LogP contribution >= 0.6 is 0 Å². The summed E-state index contributed by atoms with van der Waals surface area (Å²) in [5.41, 5.74) is 0.457. The van der Waals surface area contributed by atoms with E-state index in [9.17, 15) is 9.90 Å². The van der Waals surface area contributed by atoms with Crippen LogP contribution < -0.4 is 0 Å². The number of piperidine rings is 1. The Morgan fingerprint density at radius 3 is 2.60 bits per heavy atom. The Hall–Kier alpha value is -1.35. The summed E-state index contributed by atoms with van der Waals surface area (Å²) >= 11 is 0. The van der Waals surface area contributed by atoms with Gasteiger partial charge in [0.2, 0.25) is 0 Å². The number of aromatic hydroxyl groups is 1. The lowest BCUT2D eigenvalue weighted by Gasteiger charge is -2.26. The number of carbonyl (C=O) groups excluding carboxylic acids is 1. The highest BCUT2D eigenvalue weighted by Crippen LogP contribution is 2.19. The van der Waals surface area contributed by atoms with Crippen LogP contribution in [-0.4, -0.2) is 35.4 Å². The zero-order chi connectivity index (χ0) is 14.2. The number of hydrogen-bond donors (Lipinski definition) is 1. The molecule has 1 fully saturated rings. The second-order valence-corrected chi connectivity index (χ2v) is 5.46. The highest BCUT2D eigenvalue weighted by molar-refractivity contribution is 5.98. The first-order valence-electron chi connectivity index (χ1n) is 7.62. The van der Waals surface area contributed by atoms with Crippen LogP contribution in [-0.2, 0) is 0 Å². The van der Waals surface area contributed by atoms with E-state index >= 15 is 0 Å². The van der Waals surface area contributed by atoms with Crippen LogP contribution in [0.25, 0.3) is 0 Å². The summed E-state index contributed by atoms with van der Waals surface area (Å²) in [6.45, 7) is 3.53. The minimum Gasteiger partial charge on any atom is -0.507 e. The van der Waals surface area contributed by atoms with E-state index in [0.717, 1.165) is 25.8 Å². The summed E-state index contributed by atoms with van der Waals surface area (Å²) in [6.07, 6.45) is 8.48. The molecule has 1 saturated heterocycles. The maximum Gasteiger partial charge on any atom is 0.166 e. The van der Waals surface area contributed by atoms with Crippen LogP contribution in [0.1, 0.15) is 48.9 Å². The fourth-order valence-corrected chi connectivity index (χ4v) is 2.67. The van der Waals surface area contributed by atoms with Crippen molar-refractivity contribution < 1.29 is 9.90 Å². The molecule has 1 aliphatic rings. The van der Waals surface area contributed by atoms with E-state index in [1.54, 1.807) is 24.3 Å². The Labute approximate surface area is 121 Å². The first-order valence-corrected chi connectivity index (χ1v) is 7.62. The molecular formula is C17H24NO2. The zero-order valence-electron chi connectivity index (χ0n) is 12.1. The first-order chi connectivity index (χ1) is 9.77. The van der Waals surface area contributed by atoms with Gasteiger partial charge in [0.1, 0.15) is 5.75 Å². The second-order valence-electron chi connectivity index (χ2n) is 5.46. The van der Waals surface area contributed by atoms with Gasteiger partial charge in [-0.1, -0.05) is 18.6 Å². The predicted molar refractivity (Wildman–Crippen MR) is 80.9 cm³/mol. The van der Waals surface area contributed by atoms with Gasteiger partial charge in [0.15, 0.2) is 5.78 Å². The summed E-state index contributed by atoms with van der Waals surface area (Å²) in [4.78, 5) is 14.5. The maximum atomic E-state index is 12.0. The number of unbranched alkanes of at least 4 members (excludes halogenated alkanes) is 2. The predicted octanol–water partition coefficient (Wildman–Crippen LogP) is 3.44. The van der Waals surface area contributed by atoms with Gasteiger partial charge in [0.05, 0.1) is 5.56 Å². The number of phenolic OH excluding ortho intramolecular Hbond substituents is 1. The Bertz CT molecular complexity index is 425. The van der Waals surface area contributed by atoms with Crippen LogP contribution in [0, 0.1) is 6.42 Å². The molecule has 0 saturated carbocycles. The largest absolute Gasteiger partial charge is 0.507 e. The van der Waals surface area contributed by atoms with Crippen molar-refractivity contribution in [2.24, 2.45) is 0 Å². The van der Waals surface area contributed by atoms with E-state index in [-0.39, 0.29) is 11.5 Å². The third kappa shape index (κ3) is 4.64. The molecule has 1 N–H and O–H groups in total.